The molecule has 38 heavy (non-hydrogen) atoms. The van der Waals surface area contributed by atoms with E-state index in [1.165, 1.54) is 0 Å². The summed E-state index contributed by atoms with van der Waals surface area (Å²) in [6, 6.07) is 14.0. The Morgan fingerprint density at radius 3 is 2.39 bits per heavy atom. The van der Waals surface area contributed by atoms with E-state index in [1.807, 2.05) is 42.6 Å². The molecule has 10 nitrogen and oxygen atoms in total. The molecule has 200 valence electrons. The number of nitrogens with one attached hydrogen (secondary N) is 1. The van der Waals surface area contributed by atoms with Crippen LogP contribution in [0.25, 0.3) is 0 Å². The third-order valence-electron chi connectivity index (χ3n) is 7.16. The minimum Gasteiger partial charge on any atom is -0.497 e. The van der Waals surface area contributed by atoms with Gasteiger partial charge >= 0.3 is 6.03 Å². The zero-order valence-electron chi connectivity index (χ0n) is 22.0. The van der Waals surface area contributed by atoms with Gasteiger partial charge in [-0.3, -0.25) is 4.79 Å². The number of methoxy groups -OCH3 is 4. The summed E-state index contributed by atoms with van der Waals surface area (Å²) in [5, 5.41) is 3.11. The van der Waals surface area contributed by atoms with Crippen LogP contribution >= 0.6 is 0 Å². The molecule has 0 spiro atoms. The second-order valence-electron chi connectivity index (χ2n) is 9.22. The van der Waals surface area contributed by atoms with E-state index in [0.717, 1.165) is 11.3 Å². The predicted molar refractivity (Wildman–Crippen MR) is 141 cm³/mol. The Labute approximate surface area is 221 Å². The molecule has 2 unspecified atom stereocenters. The summed E-state index contributed by atoms with van der Waals surface area (Å²) < 4.78 is 24.0. The average molecular weight is 521 g/mol. The van der Waals surface area contributed by atoms with Crippen LogP contribution in [-0.2, 0) is 11.3 Å². The van der Waals surface area contributed by atoms with Gasteiger partial charge in [0.1, 0.15) is 17.5 Å². The number of carbonyl (C=O) groups is 2. The van der Waals surface area contributed by atoms with Gasteiger partial charge in [-0.05, 0) is 42.5 Å². The van der Waals surface area contributed by atoms with Gasteiger partial charge in [0, 0.05) is 55.3 Å². The van der Waals surface area contributed by atoms with Crippen molar-refractivity contribution < 1.29 is 28.5 Å². The van der Waals surface area contributed by atoms with Crippen molar-refractivity contribution in [3.63, 3.8) is 0 Å². The highest BCUT2D eigenvalue weighted by atomic mass is 16.5. The maximum Gasteiger partial charge on any atom is 0.318 e. The lowest BCUT2D eigenvalue weighted by Gasteiger charge is -2.38. The highest BCUT2D eigenvalue weighted by Gasteiger charge is 2.37. The van der Waals surface area contributed by atoms with Gasteiger partial charge in [0.25, 0.3) is 0 Å². The first kappa shape index (κ1) is 25.3. The lowest BCUT2D eigenvalue weighted by atomic mass is 9.98. The van der Waals surface area contributed by atoms with E-state index in [1.54, 1.807) is 50.4 Å². The molecule has 10 heteroatoms. The molecule has 0 radical (unpaired) electrons. The van der Waals surface area contributed by atoms with Gasteiger partial charge in [-0.15, -0.1) is 0 Å². The van der Waals surface area contributed by atoms with Gasteiger partial charge in [-0.25, -0.2) is 4.79 Å². The smallest absolute Gasteiger partial charge is 0.318 e. The van der Waals surface area contributed by atoms with E-state index in [2.05, 4.69) is 9.88 Å². The van der Waals surface area contributed by atoms with Crippen LogP contribution in [0.5, 0.6) is 23.0 Å². The molecule has 2 aromatic carbocycles. The van der Waals surface area contributed by atoms with Crippen molar-refractivity contribution >= 4 is 17.6 Å². The summed E-state index contributed by atoms with van der Waals surface area (Å²) in [7, 11) is 6.35. The van der Waals surface area contributed by atoms with E-state index >= 15 is 0 Å². The van der Waals surface area contributed by atoms with Crippen molar-refractivity contribution in [3.05, 3.63) is 66.0 Å². The summed E-state index contributed by atoms with van der Waals surface area (Å²) in [6.07, 6.45) is 2.22. The van der Waals surface area contributed by atoms with E-state index in [4.69, 9.17) is 18.9 Å². The monoisotopic (exact) mass is 520 g/mol. The fourth-order valence-corrected chi connectivity index (χ4v) is 5.29. The Morgan fingerprint density at radius 1 is 0.895 bits per heavy atom. The lowest BCUT2D eigenvalue weighted by Crippen LogP contribution is -2.50. The molecule has 3 aromatic rings. The molecular formula is C28H32N4O6. The summed E-state index contributed by atoms with van der Waals surface area (Å²) in [5.74, 6) is 2.40. The second-order valence-corrected chi connectivity index (χ2v) is 9.22. The van der Waals surface area contributed by atoms with Gasteiger partial charge < -0.3 is 38.6 Å². The number of benzene rings is 2. The van der Waals surface area contributed by atoms with Crippen LogP contribution in [0.3, 0.4) is 0 Å². The molecule has 3 heterocycles. The van der Waals surface area contributed by atoms with Crippen LogP contribution in [0, 0.1) is 0 Å². The molecule has 5 rings (SSSR count). The molecule has 2 atom stereocenters. The number of amides is 3. The predicted octanol–water partition coefficient (Wildman–Crippen LogP) is 3.44. The van der Waals surface area contributed by atoms with Gasteiger partial charge in [-0.2, -0.15) is 0 Å². The third-order valence-corrected chi connectivity index (χ3v) is 7.16. The molecule has 1 fully saturated rings. The molecule has 3 amide bonds. The minimum absolute atomic E-state index is 0.0685. The molecule has 0 saturated carbocycles. The topological polar surface area (TPSA) is 94.5 Å². The number of hydrogen-bond acceptors (Lipinski definition) is 6. The minimum atomic E-state index is -0.386. The second kappa shape index (κ2) is 10.6. The van der Waals surface area contributed by atoms with E-state index in [-0.39, 0.29) is 30.4 Å². The molecule has 0 bridgehead atoms. The number of hydrogen-bond donors (Lipinski definition) is 1. The molecular weight excluding hydrogens is 488 g/mol. The largest absolute Gasteiger partial charge is 0.497 e. The van der Waals surface area contributed by atoms with Crippen LogP contribution in [0.1, 0.15) is 23.7 Å². The zero-order valence-corrected chi connectivity index (χ0v) is 22.0. The quantitative estimate of drug-likeness (QED) is 0.513. The number of anilines is 1. The average Bonchev–Trinajstić information content (AvgIpc) is 3.57. The van der Waals surface area contributed by atoms with E-state index in [0.29, 0.717) is 48.3 Å². The van der Waals surface area contributed by atoms with E-state index in [9.17, 15) is 9.59 Å². The Kier molecular flexibility index (Phi) is 7.04. The first-order chi connectivity index (χ1) is 18.5. The summed E-state index contributed by atoms with van der Waals surface area (Å²) in [4.78, 5) is 30.1. The summed E-state index contributed by atoms with van der Waals surface area (Å²) >= 11 is 0. The van der Waals surface area contributed by atoms with Crippen molar-refractivity contribution in [2.24, 2.45) is 0 Å². The maximum absolute atomic E-state index is 13.7. The van der Waals surface area contributed by atoms with Gasteiger partial charge in [-0.1, -0.05) is 0 Å². The van der Waals surface area contributed by atoms with Gasteiger partial charge in [0.05, 0.1) is 34.5 Å². The third kappa shape index (κ3) is 4.57. The molecule has 1 saturated heterocycles. The fraction of sp³-hybridized carbons (Fsp3) is 0.357. The standard InChI is InChI=1S/C28H32N4O6/c1-35-20-8-10-23(36-2)21(16-20)27-22-6-5-11-30(22)12-13-31(27)28(34)29-18-14-26(33)32(17-18)19-7-9-24(37-3)25(15-19)38-4/h5-11,15-16,18,27H,12-14,17H2,1-4H3,(H,29,34). The Bertz CT molecular complexity index is 1340. The van der Waals surface area contributed by atoms with Gasteiger partial charge in [0.2, 0.25) is 5.91 Å². The fourth-order valence-electron chi connectivity index (χ4n) is 5.29. The molecule has 2 aliphatic rings. The SMILES string of the molecule is COc1ccc(OC)c(C2c3cccn3CCN2C(=O)NC2CC(=O)N(c3ccc(OC)c(OC)c3)C2)c1. The van der Waals surface area contributed by atoms with Crippen LogP contribution in [-0.4, -0.2) is 69.0 Å². The Hall–Kier alpha value is -4.34. The van der Waals surface area contributed by atoms with E-state index < -0.39 is 0 Å². The number of nitrogens with zero attached hydrogens (tertiary/aromatic N) is 3. The first-order valence-corrected chi connectivity index (χ1v) is 12.4. The van der Waals surface area contributed by atoms with Crippen molar-refractivity contribution in [1.82, 2.24) is 14.8 Å². The number of urea groups is 1. The van der Waals surface area contributed by atoms with Crippen molar-refractivity contribution in [1.29, 1.82) is 0 Å². The highest BCUT2D eigenvalue weighted by molar-refractivity contribution is 5.97. The summed E-state index contributed by atoms with van der Waals surface area (Å²) in [6.45, 7) is 1.52. The highest BCUT2D eigenvalue weighted by Crippen LogP contribution is 2.39. The zero-order chi connectivity index (χ0) is 26.8. The van der Waals surface area contributed by atoms with Crippen molar-refractivity contribution in [3.8, 4) is 23.0 Å². The van der Waals surface area contributed by atoms with Crippen LogP contribution in [0.4, 0.5) is 10.5 Å². The Morgan fingerprint density at radius 2 is 1.66 bits per heavy atom. The van der Waals surface area contributed by atoms with Gasteiger partial charge in [0.15, 0.2) is 11.5 Å². The summed E-state index contributed by atoms with van der Waals surface area (Å²) in [5.41, 5.74) is 2.50. The molecule has 0 aliphatic carbocycles. The normalized spacial score (nSPS) is 18.7. The molecule has 1 aromatic heterocycles. The Balaban J connectivity index is 1.38. The molecule has 1 N–H and O–H groups in total. The number of fused-ring (bicyclic) bond motifs is 1. The van der Waals surface area contributed by atoms with Crippen molar-refractivity contribution in [2.45, 2.75) is 25.0 Å². The van der Waals surface area contributed by atoms with Crippen LogP contribution < -0.4 is 29.2 Å². The van der Waals surface area contributed by atoms with Crippen LogP contribution in [0.2, 0.25) is 0 Å². The number of ether oxygens (including phenoxy) is 4. The lowest BCUT2D eigenvalue weighted by molar-refractivity contribution is -0.117. The maximum atomic E-state index is 13.7. The van der Waals surface area contributed by atoms with Crippen molar-refractivity contribution in [2.75, 3.05) is 46.4 Å². The number of aromatic nitrogens is 1. The first-order valence-electron chi connectivity index (χ1n) is 12.4. The number of carbonyl (C=O) groups excluding carboxylic acids is 2. The van der Waals surface area contributed by atoms with Crippen LogP contribution in [0.15, 0.2) is 54.7 Å². The number of rotatable bonds is 7. The molecule has 2 aliphatic heterocycles.